The van der Waals surface area contributed by atoms with Crippen molar-refractivity contribution in [2.45, 2.75) is 0 Å². The molecule has 6 rings (SSSR count). The zero-order chi connectivity index (χ0) is 34.1. The molecule has 0 aromatic heterocycles. The van der Waals surface area contributed by atoms with E-state index in [9.17, 15) is 57.5 Å². The molecule has 0 aromatic rings. The highest BCUT2D eigenvalue weighted by molar-refractivity contribution is 6.54. The molecule has 0 aliphatic carbocycles. The number of nitrogens with zero attached hydrogens (tertiary/aromatic N) is 6. The second-order valence-corrected chi connectivity index (χ2v) is 9.58. The smallest absolute Gasteiger partial charge is 0.285 e. The number of nitrogens with two attached hydrogens (primary N) is 6. The van der Waals surface area contributed by atoms with Crippen LogP contribution >= 0.6 is 0 Å². The van der Waals surface area contributed by atoms with Crippen molar-refractivity contribution in [1.82, 2.24) is 29.4 Å². The van der Waals surface area contributed by atoms with Crippen LogP contribution in [0.1, 0.15) is 0 Å². The number of β-lactam (4-membered cyclic amide) rings is 12. The summed E-state index contributed by atoms with van der Waals surface area (Å²) in [6.07, 6.45) is 0. The first-order chi connectivity index (χ1) is 21.1. The van der Waals surface area contributed by atoms with Gasteiger partial charge in [0.05, 0.1) is 40.0 Å². The molecular weight excluding hydrogens is 612 g/mol. The summed E-state index contributed by atoms with van der Waals surface area (Å²) in [7, 11) is 0. The van der Waals surface area contributed by atoms with Crippen molar-refractivity contribution in [2.75, 3.05) is 40.0 Å². The average molecular weight is 636 g/mol. The van der Waals surface area contributed by atoms with Crippen LogP contribution in [0, 0.1) is 16.2 Å². The summed E-state index contributed by atoms with van der Waals surface area (Å²) in [5.41, 5.74) is 24.2. The van der Waals surface area contributed by atoms with Crippen LogP contribution < -0.4 is 34.4 Å². The van der Waals surface area contributed by atoms with Gasteiger partial charge in [-0.05, 0) is 0 Å². The Balaban J connectivity index is 0.000000154. The van der Waals surface area contributed by atoms with Crippen LogP contribution in [0.15, 0.2) is 0 Å². The molecule has 0 saturated carbocycles. The van der Waals surface area contributed by atoms with E-state index in [2.05, 4.69) is 0 Å². The zero-order valence-corrected chi connectivity index (χ0v) is 22.8. The first-order valence-corrected chi connectivity index (χ1v) is 12.5. The lowest BCUT2D eigenvalue weighted by atomic mass is 9.69. The number of imide groups is 6. The van der Waals surface area contributed by atoms with Gasteiger partial charge >= 0.3 is 0 Å². The van der Waals surface area contributed by atoms with Crippen LogP contribution in [0.25, 0.3) is 0 Å². The summed E-state index contributed by atoms with van der Waals surface area (Å²) in [6, 6.07) is 0. The van der Waals surface area contributed by atoms with Gasteiger partial charge in [-0.3, -0.25) is 86.9 Å². The molecule has 6 fully saturated rings. The van der Waals surface area contributed by atoms with Crippen LogP contribution in [0.5, 0.6) is 0 Å². The second kappa shape index (κ2) is 10.4. The van der Waals surface area contributed by atoms with E-state index in [1.54, 1.807) is 0 Å². The highest BCUT2D eigenvalue weighted by Gasteiger charge is 2.81. The standard InChI is InChI=1S/3C7H8N4O4/c3*8-1-10-3(12)7(4(10)13)5(14)11(2-9)6(7)15/h3*1-2,8-9H2. The van der Waals surface area contributed by atoms with Crippen molar-refractivity contribution < 1.29 is 57.5 Å². The largest absolute Gasteiger partial charge is 0.313 e. The quantitative estimate of drug-likeness (QED) is 0.116. The van der Waals surface area contributed by atoms with Crippen LogP contribution in [-0.2, 0) is 57.5 Å². The topological polar surface area (TPSA) is 380 Å². The van der Waals surface area contributed by atoms with Crippen molar-refractivity contribution in [3.05, 3.63) is 0 Å². The Labute approximate surface area is 249 Å². The predicted molar refractivity (Wildman–Crippen MR) is 133 cm³/mol. The fraction of sp³-hybridized carbons (Fsp3) is 0.429. The molecule has 3 spiro atoms. The van der Waals surface area contributed by atoms with Gasteiger partial charge in [-0.1, -0.05) is 0 Å². The molecule has 0 aromatic carbocycles. The second-order valence-electron chi connectivity index (χ2n) is 9.58. The van der Waals surface area contributed by atoms with Gasteiger partial charge in [0, 0.05) is 0 Å². The molecule has 0 atom stereocenters. The number of likely N-dealkylation sites (tertiary alicyclic amines) is 6. The lowest BCUT2D eigenvalue weighted by molar-refractivity contribution is -0.202. The molecule has 6 heterocycles. The van der Waals surface area contributed by atoms with Gasteiger partial charge in [0.25, 0.3) is 87.1 Å². The van der Waals surface area contributed by atoms with E-state index < -0.39 is 87.1 Å². The van der Waals surface area contributed by atoms with Gasteiger partial charge in [0.1, 0.15) is 0 Å². The highest BCUT2D eigenvalue weighted by Crippen LogP contribution is 2.45. The Morgan fingerprint density at radius 1 is 0.267 bits per heavy atom. The summed E-state index contributed by atoms with van der Waals surface area (Å²) in [5.74, 6) is -10.2. The van der Waals surface area contributed by atoms with Crippen molar-refractivity contribution in [1.29, 1.82) is 0 Å². The fourth-order valence-electron chi connectivity index (χ4n) is 5.31. The molecule has 45 heavy (non-hydrogen) atoms. The SMILES string of the molecule is NCN1C(=O)C2(C1=O)C(=O)N(CN)C2=O.NCN1C(=O)C2(C1=O)C(=O)N(CN)C2=O.NCN1C(=O)C2(C1=O)C(=O)N(CN)C2=O. The molecule has 12 amide bonds. The number of hydrogen-bond acceptors (Lipinski definition) is 18. The molecule has 0 bridgehead atoms. The van der Waals surface area contributed by atoms with E-state index in [0.717, 1.165) is 0 Å². The van der Waals surface area contributed by atoms with Crippen LogP contribution in [0.3, 0.4) is 0 Å². The number of carbonyl (C=O) groups excluding carboxylic acids is 12. The Kier molecular flexibility index (Phi) is 7.48. The first kappa shape index (κ1) is 32.5. The summed E-state index contributed by atoms with van der Waals surface area (Å²) in [4.78, 5) is 141. The Morgan fingerprint density at radius 2 is 0.356 bits per heavy atom. The van der Waals surface area contributed by atoms with Crippen molar-refractivity contribution in [3.8, 4) is 0 Å². The van der Waals surface area contributed by atoms with Gasteiger partial charge in [0.2, 0.25) is 0 Å². The van der Waals surface area contributed by atoms with E-state index in [-0.39, 0.29) is 40.0 Å². The maximum absolute atomic E-state index is 11.4. The van der Waals surface area contributed by atoms with E-state index in [1.807, 2.05) is 0 Å². The minimum Gasteiger partial charge on any atom is -0.313 e. The first-order valence-electron chi connectivity index (χ1n) is 12.5. The van der Waals surface area contributed by atoms with Crippen molar-refractivity contribution in [3.63, 3.8) is 0 Å². The normalized spacial score (nSPS) is 23.3. The lowest BCUT2D eigenvalue weighted by Gasteiger charge is -2.51. The van der Waals surface area contributed by atoms with Gasteiger partial charge < -0.3 is 34.4 Å². The third kappa shape index (κ3) is 3.23. The molecule has 24 heteroatoms. The number of rotatable bonds is 6. The highest BCUT2D eigenvalue weighted by atomic mass is 16.2. The molecule has 240 valence electrons. The van der Waals surface area contributed by atoms with E-state index in [4.69, 9.17) is 34.4 Å². The predicted octanol–water partition coefficient (Wildman–Crippen LogP) is -10.4. The Morgan fingerprint density at radius 3 is 0.422 bits per heavy atom. The van der Waals surface area contributed by atoms with Gasteiger partial charge in [-0.25, -0.2) is 0 Å². The molecule has 0 unspecified atom stereocenters. The molecular formula is C21H24N12O12. The molecule has 6 saturated heterocycles. The molecule has 24 nitrogen and oxygen atoms in total. The van der Waals surface area contributed by atoms with Crippen molar-refractivity contribution in [2.24, 2.45) is 50.6 Å². The van der Waals surface area contributed by atoms with Crippen LogP contribution in [0.4, 0.5) is 0 Å². The van der Waals surface area contributed by atoms with Gasteiger partial charge in [-0.15, -0.1) is 0 Å². The van der Waals surface area contributed by atoms with E-state index in [0.29, 0.717) is 29.4 Å². The molecule has 12 N–H and O–H groups in total. The molecule has 0 radical (unpaired) electrons. The minimum atomic E-state index is -2.14. The van der Waals surface area contributed by atoms with Gasteiger partial charge in [-0.2, -0.15) is 0 Å². The van der Waals surface area contributed by atoms with Crippen LogP contribution in [-0.4, -0.2) is 140 Å². The Bertz CT molecular complexity index is 1170. The Hall–Kier alpha value is -5.40. The number of amides is 12. The van der Waals surface area contributed by atoms with E-state index >= 15 is 0 Å². The minimum absolute atomic E-state index is 0.331. The third-order valence-corrected chi connectivity index (χ3v) is 7.89. The van der Waals surface area contributed by atoms with Crippen LogP contribution in [0.2, 0.25) is 0 Å². The molecule has 6 aliphatic heterocycles. The number of carbonyl (C=O) groups is 12. The average Bonchev–Trinajstić information content (AvgIpc) is 3.00. The maximum Gasteiger partial charge on any atom is 0.285 e. The monoisotopic (exact) mass is 636 g/mol. The summed E-state index contributed by atoms with van der Waals surface area (Å²) >= 11 is 0. The summed E-state index contributed by atoms with van der Waals surface area (Å²) < 4.78 is 0. The molecule has 6 aliphatic rings. The lowest BCUT2D eigenvalue weighted by Crippen LogP contribution is -2.84. The third-order valence-electron chi connectivity index (χ3n) is 7.89. The summed E-state index contributed by atoms with van der Waals surface area (Å²) in [6.45, 7) is -1.98. The van der Waals surface area contributed by atoms with E-state index in [1.165, 1.54) is 0 Å². The number of hydrogen-bond donors (Lipinski definition) is 6. The van der Waals surface area contributed by atoms with Crippen molar-refractivity contribution >= 4 is 70.9 Å². The van der Waals surface area contributed by atoms with Gasteiger partial charge in [0.15, 0.2) is 0 Å². The zero-order valence-electron chi connectivity index (χ0n) is 22.8. The summed E-state index contributed by atoms with van der Waals surface area (Å²) in [5, 5.41) is 0. The fourth-order valence-corrected chi connectivity index (χ4v) is 5.31. The maximum atomic E-state index is 11.4.